The van der Waals surface area contributed by atoms with Crippen molar-refractivity contribution in [3.05, 3.63) is 90.6 Å². The highest BCUT2D eigenvalue weighted by Gasteiger charge is 2.30. The van der Waals surface area contributed by atoms with E-state index < -0.39 is 11.7 Å². The van der Waals surface area contributed by atoms with Crippen molar-refractivity contribution in [2.75, 3.05) is 0 Å². The van der Waals surface area contributed by atoms with Crippen LogP contribution < -0.4 is 0 Å². The van der Waals surface area contributed by atoms with E-state index in [2.05, 4.69) is 4.98 Å². The summed E-state index contributed by atoms with van der Waals surface area (Å²) in [6.07, 6.45) is -2.56. The van der Waals surface area contributed by atoms with Crippen LogP contribution in [0.5, 0.6) is 0 Å². The highest BCUT2D eigenvalue weighted by Crippen LogP contribution is 2.35. The standard InChI is InChI=1S/C22H14F3N/c23-22(24,25)17-12-10-16(11-13-17)21-19-9-5-4-8-18(19)20(14-26-21)15-6-2-1-3-7-15/h1-14H. The third-order valence-corrected chi connectivity index (χ3v) is 4.37. The molecule has 1 nitrogen and oxygen atoms in total. The number of hydrogen-bond donors (Lipinski definition) is 0. The molecule has 0 spiro atoms. The quantitative estimate of drug-likeness (QED) is 0.398. The minimum atomic E-state index is -4.34. The first-order chi connectivity index (χ1) is 12.5. The van der Waals surface area contributed by atoms with Crippen molar-refractivity contribution in [1.82, 2.24) is 4.98 Å². The molecule has 0 bridgehead atoms. The lowest BCUT2D eigenvalue weighted by Crippen LogP contribution is -2.04. The van der Waals surface area contributed by atoms with Crippen molar-refractivity contribution in [2.45, 2.75) is 6.18 Å². The van der Waals surface area contributed by atoms with Crippen molar-refractivity contribution in [2.24, 2.45) is 0 Å². The van der Waals surface area contributed by atoms with Crippen molar-refractivity contribution in [1.29, 1.82) is 0 Å². The van der Waals surface area contributed by atoms with Crippen LogP contribution in [-0.2, 0) is 6.18 Å². The Balaban J connectivity index is 1.88. The van der Waals surface area contributed by atoms with Gasteiger partial charge in [-0.1, -0.05) is 66.7 Å². The summed E-state index contributed by atoms with van der Waals surface area (Å²) in [6, 6.07) is 22.9. The lowest BCUT2D eigenvalue weighted by atomic mass is 9.96. The average molecular weight is 349 g/mol. The van der Waals surface area contributed by atoms with Gasteiger partial charge in [0.1, 0.15) is 0 Å². The second-order valence-corrected chi connectivity index (χ2v) is 6.01. The molecule has 0 aliphatic carbocycles. The van der Waals surface area contributed by atoms with Gasteiger partial charge in [-0.25, -0.2) is 0 Å². The van der Waals surface area contributed by atoms with Crippen LogP contribution in [0.4, 0.5) is 13.2 Å². The minimum Gasteiger partial charge on any atom is -0.255 e. The third-order valence-electron chi connectivity index (χ3n) is 4.37. The van der Waals surface area contributed by atoms with Crippen LogP contribution in [0, 0.1) is 0 Å². The molecule has 1 aromatic heterocycles. The molecule has 0 aliphatic rings. The van der Waals surface area contributed by atoms with Crippen LogP contribution >= 0.6 is 0 Å². The molecule has 0 amide bonds. The summed E-state index contributed by atoms with van der Waals surface area (Å²) >= 11 is 0. The number of pyridine rings is 1. The van der Waals surface area contributed by atoms with E-state index in [4.69, 9.17) is 0 Å². The van der Waals surface area contributed by atoms with Gasteiger partial charge in [0.15, 0.2) is 0 Å². The number of fused-ring (bicyclic) bond motifs is 1. The van der Waals surface area contributed by atoms with Crippen molar-refractivity contribution in [3.63, 3.8) is 0 Å². The summed E-state index contributed by atoms with van der Waals surface area (Å²) in [5.41, 5.74) is 2.72. The van der Waals surface area contributed by atoms with E-state index in [1.807, 2.05) is 54.6 Å². The predicted molar refractivity (Wildman–Crippen MR) is 97.6 cm³/mol. The molecule has 4 aromatic rings. The van der Waals surface area contributed by atoms with Gasteiger partial charge >= 0.3 is 6.18 Å². The lowest BCUT2D eigenvalue weighted by Gasteiger charge is -2.12. The molecule has 128 valence electrons. The summed E-state index contributed by atoms with van der Waals surface area (Å²) < 4.78 is 38.4. The van der Waals surface area contributed by atoms with Crippen molar-refractivity contribution >= 4 is 10.8 Å². The first-order valence-corrected chi connectivity index (χ1v) is 8.15. The number of hydrogen-bond acceptors (Lipinski definition) is 1. The van der Waals surface area contributed by atoms with E-state index in [1.165, 1.54) is 12.1 Å². The van der Waals surface area contributed by atoms with Crippen molar-refractivity contribution in [3.8, 4) is 22.4 Å². The highest BCUT2D eigenvalue weighted by atomic mass is 19.4. The summed E-state index contributed by atoms with van der Waals surface area (Å²) in [7, 11) is 0. The lowest BCUT2D eigenvalue weighted by molar-refractivity contribution is -0.137. The van der Waals surface area contributed by atoms with Gasteiger partial charge in [0.05, 0.1) is 11.3 Å². The van der Waals surface area contributed by atoms with Crippen LogP contribution in [0.15, 0.2) is 85.1 Å². The Labute approximate surface area is 148 Å². The molecule has 0 saturated heterocycles. The molecule has 0 saturated carbocycles. The maximum atomic E-state index is 12.8. The Hall–Kier alpha value is -3.14. The second-order valence-electron chi connectivity index (χ2n) is 6.01. The van der Waals surface area contributed by atoms with Gasteiger partial charge in [0.25, 0.3) is 0 Å². The number of benzene rings is 3. The number of nitrogens with zero attached hydrogens (tertiary/aromatic N) is 1. The zero-order valence-electron chi connectivity index (χ0n) is 13.7. The summed E-state index contributed by atoms with van der Waals surface area (Å²) in [4.78, 5) is 4.56. The smallest absolute Gasteiger partial charge is 0.255 e. The molecule has 4 heteroatoms. The molecule has 0 fully saturated rings. The van der Waals surface area contributed by atoms with Gasteiger partial charge in [-0.2, -0.15) is 13.2 Å². The Kier molecular flexibility index (Phi) is 3.96. The fourth-order valence-electron chi connectivity index (χ4n) is 3.09. The van der Waals surface area contributed by atoms with E-state index in [9.17, 15) is 13.2 Å². The molecule has 1 heterocycles. The van der Waals surface area contributed by atoms with Crippen molar-refractivity contribution < 1.29 is 13.2 Å². The predicted octanol–water partition coefficient (Wildman–Crippen LogP) is 6.59. The van der Waals surface area contributed by atoms with Crippen LogP contribution in [0.3, 0.4) is 0 Å². The monoisotopic (exact) mass is 349 g/mol. The van der Waals surface area contributed by atoms with Crippen LogP contribution in [0.25, 0.3) is 33.2 Å². The SMILES string of the molecule is FC(F)(F)c1ccc(-c2ncc(-c3ccccc3)c3ccccc23)cc1. The average Bonchev–Trinajstić information content (AvgIpc) is 2.67. The Morgan fingerprint density at radius 3 is 1.88 bits per heavy atom. The molecule has 4 rings (SSSR count). The number of rotatable bonds is 2. The largest absolute Gasteiger partial charge is 0.416 e. The number of aromatic nitrogens is 1. The van der Waals surface area contributed by atoms with Gasteiger partial charge in [0, 0.05) is 22.7 Å². The van der Waals surface area contributed by atoms with E-state index in [0.717, 1.165) is 34.0 Å². The fraction of sp³-hybridized carbons (Fsp3) is 0.0455. The van der Waals surface area contributed by atoms with E-state index >= 15 is 0 Å². The van der Waals surface area contributed by atoms with Gasteiger partial charge < -0.3 is 0 Å². The number of halogens is 3. The topological polar surface area (TPSA) is 12.9 Å². The first-order valence-electron chi connectivity index (χ1n) is 8.15. The maximum absolute atomic E-state index is 12.8. The maximum Gasteiger partial charge on any atom is 0.416 e. The molecular formula is C22H14F3N. The minimum absolute atomic E-state index is 0.661. The van der Waals surface area contributed by atoms with E-state index in [-0.39, 0.29) is 0 Å². The van der Waals surface area contributed by atoms with Gasteiger partial charge in [0.2, 0.25) is 0 Å². The Morgan fingerprint density at radius 2 is 1.23 bits per heavy atom. The van der Waals surface area contributed by atoms with Crippen LogP contribution in [0.1, 0.15) is 5.56 Å². The summed E-state index contributed by atoms with van der Waals surface area (Å²) in [6.45, 7) is 0. The zero-order chi connectivity index (χ0) is 18.1. The van der Waals surface area contributed by atoms with Gasteiger partial charge in [-0.3, -0.25) is 4.98 Å². The molecule has 0 unspecified atom stereocenters. The van der Waals surface area contributed by atoms with Gasteiger partial charge in [-0.15, -0.1) is 0 Å². The van der Waals surface area contributed by atoms with Crippen LogP contribution in [0.2, 0.25) is 0 Å². The molecule has 0 atom stereocenters. The zero-order valence-corrected chi connectivity index (χ0v) is 13.7. The van der Waals surface area contributed by atoms with Gasteiger partial charge in [-0.05, 0) is 23.1 Å². The van der Waals surface area contributed by atoms with E-state index in [0.29, 0.717) is 11.3 Å². The molecule has 0 aliphatic heterocycles. The molecule has 0 radical (unpaired) electrons. The highest BCUT2D eigenvalue weighted by molar-refractivity contribution is 6.03. The fourth-order valence-corrected chi connectivity index (χ4v) is 3.09. The normalized spacial score (nSPS) is 11.7. The summed E-state index contributed by atoms with van der Waals surface area (Å²) in [5.74, 6) is 0. The molecule has 0 N–H and O–H groups in total. The summed E-state index contributed by atoms with van der Waals surface area (Å²) in [5, 5.41) is 1.93. The molecular weight excluding hydrogens is 335 g/mol. The Bertz CT molecular complexity index is 1050. The van der Waals surface area contributed by atoms with Crippen LogP contribution in [-0.4, -0.2) is 4.98 Å². The second kappa shape index (κ2) is 6.30. The third kappa shape index (κ3) is 2.94. The first kappa shape index (κ1) is 16.3. The number of alkyl halides is 3. The Morgan fingerprint density at radius 1 is 0.615 bits per heavy atom. The molecule has 3 aromatic carbocycles. The van der Waals surface area contributed by atoms with E-state index in [1.54, 1.807) is 6.20 Å². The molecule has 26 heavy (non-hydrogen) atoms.